The number of unbranched alkanes of at least 4 members (excludes halogenated alkanes) is 5. The molecule has 0 aliphatic rings. The normalized spacial score (nSPS) is 11.3. The smallest absolute Gasteiger partial charge is 0.407 e. The lowest BCUT2D eigenvalue weighted by Gasteiger charge is -2.19. The molecule has 0 saturated heterocycles. The minimum absolute atomic E-state index is 0.317. The van der Waals surface area contributed by atoms with Crippen molar-refractivity contribution >= 4 is 6.09 Å². The van der Waals surface area contributed by atoms with E-state index < -0.39 is 5.60 Å². The molecule has 1 amide bonds. The molecule has 0 heterocycles. The van der Waals surface area contributed by atoms with Gasteiger partial charge < -0.3 is 14.8 Å². The highest BCUT2D eigenvalue weighted by Gasteiger charge is 2.15. The number of ether oxygens (including phenoxy) is 2. The number of nitrogens with one attached hydrogen (secondary N) is 1. The van der Waals surface area contributed by atoms with Gasteiger partial charge in [-0.15, -0.1) is 0 Å². The van der Waals surface area contributed by atoms with Gasteiger partial charge in [0.2, 0.25) is 0 Å². The minimum atomic E-state index is -0.411. The Balaban J connectivity index is 3.23. The molecule has 0 saturated carbocycles. The zero-order valence-electron chi connectivity index (χ0n) is 12.4. The van der Waals surface area contributed by atoms with Crippen LogP contribution < -0.4 is 5.32 Å². The molecule has 0 bridgehead atoms. The Bertz CT molecular complexity index is 212. The van der Waals surface area contributed by atoms with Crippen molar-refractivity contribution < 1.29 is 14.3 Å². The van der Waals surface area contributed by atoms with Crippen LogP contribution in [-0.2, 0) is 9.47 Å². The van der Waals surface area contributed by atoms with E-state index in [1.165, 1.54) is 19.3 Å². The maximum atomic E-state index is 11.3. The predicted molar refractivity (Wildman–Crippen MR) is 73.8 cm³/mol. The number of carbonyl (C=O) groups excluding carboxylic acids is 1. The molecule has 0 fully saturated rings. The van der Waals surface area contributed by atoms with Crippen LogP contribution in [0.25, 0.3) is 0 Å². The SMILES string of the molecule is COCCCCCCCCNC(=O)OC(C)(C)C. The molecule has 0 unspecified atom stereocenters. The van der Waals surface area contributed by atoms with Crippen molar-refractivity contribution in [2.45, 2.75) is 64.9 Å². The number of methoxy groups -OCH3 is 1. The van der Waals surface area contributed by atoms with Gasteiger partial charge in [-0.3, -0.25) is 0 Å². The van der Waals surface area contributed by atoms with E-state index in [9.17, 15) is 4.79 Å². The van der Waals surface area contributed by atoms with Crippen LogP contribution in [0.3, 0.4) is 0 Å². The van der Waals surface area contributed by atoms with Gasteiger partial charge in [0.05, 0.1) is 0 Å². The van der Waals surface area contributed by atoms with Gasteiger partial charge in [0.25, 0.3) is 0 Å². The van der Waals surface area contributed by atoms with Gasteiger partial charge in [-0.2, -0.15) is 0 Å². The third-order valence-corrected chi connectivity index (χ3v) is 2.44. The van der Waals surface area contributed by atoms with Crippen molar-refractivity contribution in [3.8, 4) is 0 Å². The third kappa shape index (κ3) is 13.3. The molecule has 0 atom stereocenters. The van der Waals surface area contributed by atoms with Crippen LogP contribution in [-0.4, -0.2) is 32.0 Å². The Kier molecular flexibility index (Phi) is 9.74. The van der Waals surface area contributed by atoms with Crippen LogP contribution in [0, 0.1) is 0 Å². The van der Waals surface area contributed by atoms with Gasteiger partial charge in [0.1, 0.15) is 5.60 Å². The first kappa shape index (κ1) is 17.2. The van der Waals surface area contributed by atoms with Gasteiger partial charge in [-0.1, -0.05) is 25.7 Å². The highest BCUT2D eigenvalue weighted by Crippen LogP contribution is 2.07. The van der Waals surface area contributed by atoms with Crippen LogP contribution in [0.1, 0.15) is 59.3 Å². The van der Waals surface area contributed by atoms with Crippen LogP contribution in [0.5, 0.6) is 0 Å². The highest BCUT2D eigenvalue weighted by molar-refractivity contribution is 5.67. The maximum absolute atomic E-state index is 11.3. The van der Waals surface area contributed by atoms with E-state index in [0.717, 1.165) is 25.9 Å². The van der Waals surface area contributed by atoms with E-state index in [0.29, 0.717) is 6.54 Å². The third-order valence-electron chi connectivity index (χ3n) is 2.44. The molecule has 18 heavy (non-hydrogen) atoms. The molecule has 1 N–H and O–H groups in total. The van der Waals surface area contributed by atoms with Crippen LogP contribution in [0.4, 0.5) is 4.79 Å². The summed E-state index contributed by atoms with van der Waals surface area (Å²) >= 11 is 0. The van der Waals surface area contributed by atoms with Crippen LogP contribution in [0.2, 0.25) is 0 Å². The van der Waals surface area contributed by atoms with Crippen molar-refractivity contribution in [1.82, 2.24) is 5.32 Å². The van der Waals surface area contributed by atoms with Gasteiger partial charge in [0, 0.05) is 20.3 Å². The standard InChI is InChI=1S/C14H29NO3/c1-14(2,3)18-13(16)15-11-9-7-5-6-8-10-12-17-4/h5-12H2,1-4H3,(H,15,16). The molecular formula is C14H29NO3. The van der Waals surface area contributed by atoms with E-state index in [1.54, 1.807) is 7.11 Å². The Labute approximate surface area is 111 Å². The number of carbonyl (C=O) groups is 1. The molecule has 0 aliphatic heterocycles. The number of hydrogen-bond donors (Lipinski definition) is 1. The fourth-order valence-electron chi connectivity index (χ4n) is 1.58. The first-order valence-corrected chi connectivity index (χ1v) is 6.91. The topological polar surface area (TPSA) is 47.6 Å². The minimum Gasteiger partial charge on any atom is -0.444 e. The van der Waals surface area contributed by atoms with E-state index in [-0.39, 0.29) is 6.09 Å². The summed E-state index contributed by atoms with van der Waals surface area (Å²) in [5.41, 5.74) is -0.411. The second kappa shape index (κ2) is 10.2. The molecule has 0 aromatic carbocycles. The Morgan fingerprint density at radius 2 is 1.56 bits per heavy atom. The Hall–Kier alpha value is -0.770. The number of hydrogen-bond acceptors (Lipinski definition) is 3. The molecule has 0 aromatic rings. The zero-order valence-corrected chi connectivity index (χ0v) is 12.4. The summed E-state index contributed by atoms with van der Waals surface area (Å²) in [4.78, 5) is 11.3. The highest BCUT2D eigenvalue weighted by atomic mass is 16.6. The van der Waals surface area contributed by atoms with Crippen LogP contribution >= 0.6 is 0 Å². The zero-order chi connectivity index (χ0) is 13.9. The number of amides is 1. The fraction of sp³-hybridized carbons (Fsp3) is 0.929. The Morgan fingerprint density at radius 3 is 2.11 bits per heavy atom. The second-order valence-electron chi connectivity index (χ2n) is 5.54. The van der Waals surface area contributed by atoms with Crippen molar-refractivity contribution in [3.63, 3.8) is 0 Å². The first-order chi connectivity index (χ1) is 8.45. The number of rotatable bonds is 9. The van der Waals surface area contributed by atoms with Gasteiger partial charge in [-0.05, 0) is 33.6 Å². The summed E-state index contributed by atoms with van der Waals surface area (Å²) in [6, 6.07) is 0. The summed E-state index contributed by atoms with van der Waals surface area (Å²) in [6.45, 7) is 7.17. The van der Waals surface area contributed by atoms with Crippen LogP contribution in [0.15, 0.2) is 0 Å². The molecule has 0 aromatic heterocycles. The van der Waals surface area contributed by atoms with Gasteiger partial charge >= 0.3 is 6.09 Å². The lowest BCUT2D eigenvalue weighted by atomic mass is 10.1. The van der Waals surface area contributed by atoms with Crippen molar-refractivity contribution in [2.75, 3.05) is 20.3 Å². The fourth-order valence-corrected chi connectivity index (χ4v) is 1.58. The van der Waals surface area contributed by atoms with Crippen molar-refractivity contribution in [2.24, 2.45) is 0 Å². The predicted octanol–water partition coefficient (Wildman–Crippen LogP) is 3.50. The molecule has 108 valence electrons. The summed E-state index contributed by atoms with van der Waals surface area (Å²) in [5.74, 6) is 0. The van der Waals surface area contributed by atoms with E-state index in [4.69, 9.17) is 9.47 Å². The first-order valence-electron chi connectivity index (χ1n) is 6.91. The molecule has 0 aliphatic carbocycles. The molecule has 4 heteroatoms. The van der Waals surface area contributed by atoms with Gasteiger partial charge in [0.15, 0.2) is 0 Å². The number of alkyl carbamates (subject to hydrolysis) is 1. The summed E-state index contributed by atoms with van der Waals surface area (Å²) in [6.07, 6.45) is 6.70. The quantitative estimate of drug-likeness (QED) is 0.645. The molecule has 4 nitrogen and oxygen atoms in total. The maximum Gasteiger partial charge on any atom is 0.407 e. The van der Waals surface area contributed by atoms with E-state index >= 15 is 0 Å². The lowest BCUT2D eigenvalue weighted by molar-refractivity contribution is 0.0527. The lowest BCUT2D eigenvalue weighted by Crippen LogP contribution is -2.32. The van der Waals surface area contributed by atoms with Crippen molar-refractivity contribution in [3.05, 3.63) is 0 Å². The average Bonchev–Trinajstić information content (AvgIpc) is 2.24. The Morgan fingerprint density at radius 1 is 1.00 bits per heavy atom. The second-order valence-corrected chi connectivity index (χ2v) is 5.54. The van der Waals surface area contributed by atoms with Crippen molar-refractivity contribution in [1.29, 1.82) is 0 Å². The summed E-state index contributed by atoms with van der Waals surface area (Å²) in [5, 5.41) is 2.77. The molecule has 0 spiro atoms. The average molecular weight is 259 g/mol. The molecule has 0 rings (SSSR count). The largest absolute Gasteiger partial charge is 0.444 e. The summed E-state index contributed by atoms with van der Waals surface area (Å²) < 4.78 is 10.1. The van der Waals surface area contributed by atoms with E-state index in [2.05, 4.69) is 5.32 Å². The molecule has 0 radical (unpaired) electrons. The van der Waals surface area contributed by atoms with E-state index in [1.807, 2.05) is 20.8 Å². The summed E-state index contributed by atoms with van der Waals surface area (Å²) in [7, 11) is 1.74. The molecular weight excluding hydrogens is 230 g/mol. The van der Waals surface area contributed by atoms with Gasteiger partial charge in [-0.25, -0.2) is 4.79 Å². The monoisotopic (exact) mass is 259 g/mol.